The number of Topliss-reactive ketones (excluding diaryl/α,β-unsaturated/α-hetero) is 1. The summed E-state index contributed by atoms with van der Waals surface area (Å²) in [5.74, 6) is 0.374. The zero-order valence-corrected chi connectivity index (χ0v) is 38.9. The van der Waals surface area contributed by atoms with Crippen LogP contribution >= 0.6 is 0 Å². The molecule has 1 N–H and O–H groups in total. The van der Waals surface area contributed by atoms with Gasteiger partial charge in [-0.1, -0.05) is 233 Å². The van der Waals surface area contributed by atoms with Gasteiger partial charge in [0.2, 0.25) is 0 Å². The summed E-state index contributed by atoms with van der Waals surface area (Å²) in [7, 11) is 0. The van der Waals surface area contributed by atoms with Crippen LogP contribution in [0.5, 0.6) is 0 Å². The molecular formula is C51H101NO5. The van der Waals surface area contributed by atoms with Gasteiger partial charge in [0.1, 0.15) is 18.5 Å². The molecule has 0 aliphatic heterocycles. The average molecular weight is 808 g/mol. The molecule has 0 saturated carbocycles. The molecule has 0 saturated heterocycles. The van der Waals surface area contributed by atoms with Crippen molar-refractivity contribution in [1.29, 1.82) is 0 Å². The summed E-state index contributed by atoms with van der Waals surface area (Å²) >= 11 is 0. The van der Waals surface area contributed by atoms with E-state index < -0.39 is 0 Å². The number of carbonyl (C=O) groups excluding carboxylic acids is 2. The molecule has 0 unspecified atom stereocenters. The van der Waals surface area contributed by atoms with Crippen molar-refractivity contribution in [1.82, 2.24) is 5.32 Å². The van der Waals surface area contributed by atoms with Gasteiger partial charge in [-0.2, -0.15) is 0 Å². The Kier molecular flexibility index (Phi) is 48.2. The minimum Gasteiger partial charge on any atom is -0.447 e. The van der Waals surface area contributed by atoms with Crippen molar-refractivity contribution in [2.24, 2.45) is 0 Å². The number of alkyl carbamates (subject to hydrolysis) is 1. The zero-order chi connectivity index (χ0) is 41.4. The average Bonchev–Trinajstić information content (AvgIpc) is 3.21. The second-order valence-electron chi connectivity index (χ2n) is 17.5. The number of hydrogen-bond acceptors (Lipinski definition) is 5. The first-order chi connectivity index (χ1) is 28.1. The van der Waals surface area contributed by atoms with Crippen molar-refractivity contribution >= 4 is 11.9 Å². The fraction of sp³-hybridized carbons (Fsp3) is 0.961. The van der Waals surface area contributed by atoms with E-state index in [1.165, 1.54) is 193 Å². The van der Waals surface area contributed by atoms with Gasteiger partial charge in [0, 0.05) is 32.6 Å². The number of ketones is 1. The molecule has 0 heterocycles. The molecule has 340 valence electrons. The van der Waals surface area contributed by atoms with Crippen LogP contribution in [-0.4, -0.2) is 51.0 Å². The van der Waals surface area contributed by atoms with Crippen molar-refractivity contribution in [2.75, 3.05) is 33.0 Å². The maximum atomic E-state index is 12.4. The number of rotatable bonds is 49. The maximum absolute atomic E-state index is 12.4. The predicted molar refractivity (Wildman–Crippen MR) is 247 cm³/mol. The molecule has 0 aliphatic rings. The van der Waals surface area contributed by atoms with Crippen molar-refractivity contribution < 1.29 is 23.8 Å². The van der Waals surface area contributed by atoms with Gasteiger partial charge in [-0.25, -0.2) is 4.79 Å². The van der Waals surface area contributed by atoms with Gasteiger partial charge in [0.15, 0.2) is 0 Å². The molecule has 6 heteroatoms. The summed E-state index contributed by atoms with van der Waals surface area (Å²) in [5, 5.41) is 2.88. The fourth-order valence-corrected chi connectivity index (χ4v) is 7.74. The largest absolute Gasteiger partial charge is 0.447 e. The Morgan fingerprint density at radius 3 is 1.14 bits per heavy atom. The van der Waals surface area contributed by atoms with Crippen LogP contribution in [0.25, 0.3) is 0 Å². The van der Waals surface area contributed by atoms with E-state index in [9.17, 15) is 9.59 Å². The standard InChI is InChI=1S/C51H101NO5/c1-4-7-10-12-14-16-18-20-22-24-26-28-30-32-34-40-45-55-47-50(48-57-51(54)52-44-39-36-38-43-49(53)42-37-9-6-3)56-46-41-35-33-31-29-27-25-23-21-19-17-15-13-11-8-5-2/h50H,4-48H2,1-3H3,(H,52,54)/t50-/m0/s1. The predicted octanol–water partition coefficient (Wildman–Crippen LogP) is 16.3. The first kappa shape index (κ1) is 55.9. The number of ether oxygens (including phenoxy) is 3. The second-order valence-corrected chi connectivity index (χ2v) is 17.5. The molecule has 0 aromatic rings. The quantitative estimate of drug-likeness (QED) is 0.0620. The molecule has 0 bridgehead atoms. The van der Waals surface area contributed by atoms with Gasteiger partial charge >= 0.3 is 6.09 Å². The molecule has 0 aliphatic carbocycles. The van der Waals surface area contributed by atoms with E-state index >= 15 is 0 Å². The highest BCUT2D eigenvalue weighted by Crippen LogP contribution is 2.16. The highest BCUT2D eigenvalue weighted by Gasteiger charge is 2.13. The van der Waals surface area contributed by atoms with Gasteiger partial charge in [-0.3, -0.25) is 4.79 Å². The van der Waals surface area contributed by atoms with E-state index in [0.717, 1.165) is 58.0 Å². The van der Waals surface area contributed by atoms with Gasteiger partial charge in [0.05, 0.1) is 6.61 Å². The van der Waals surface area contributed by atoms with Crippen LogP contribution in [0.1, 0.15) is 278 Å². The number of hydrogen-bond donors (Lipinski definition) is 1. The highest BCUT2D eigenvalue weighted by atomic mass is 16.6. The molecule has 0 radical (unpaired) electrons. The molecule has 6 nitrogen and oxygen atoms in total. The van der Waals surface area contributed by atoms with Crippen LogP contribution in [-0.2, 0) is 19.0 Å². The zero-order valence-electron chi connectivity index (χ0n) is 38.9. The lowest BCUT2D eigenvalue weighted by Crippen LogP contribution is -2.32. The van der Waals surface area contributed by atoms with Gasteiger partial charge < -0.3 is 19.5 Å². The summed E-state index contributed by atoms with van der Waals surface area (Å²) in [6.07, 6.45) is 50.3. The molecular weight excluding hydrogens is 707 g/mol. The summed E-state index contributed by atoms with van der Waals surface area (Å²) in [6, 6.07) is 0. The first-order valence-electron chi connectivity index (χ1n) is 25.8. The van der Waals surface area contributed by atoms with Crippen molar-refractivity contribution in [2.45, 2.75) is 284 Å². The Morgan fingerprint density at radius 1 is 0.386 bits per heavy atom. The van der Waals surface area contributed by atoms with Crippen LogP contribution in [0.3, 0.4) is 0 Å². The Balaban J connectivity index is 4.09. The van der Waals surface area contributed by atoms with E-state index in [0.29, 0.717) is 38.4 Å². The third kappa shape index (κ3) is 47.4. The maximum Gasteiger partial charge on any atom is 0.407 e. The van der Waals surface area contributed by atoms with Crippen LogP contribution in [0.15, 0.2) is 0 Å². The smallest absolute Gasteiger partial charge is 0.407 e. The van der Waals surface area contributed by atoms with Crippen LogP contribution in [0.4, 0.5) is 4.79 Å². The highest BCUT2D eigenvalue weighted by molar-refractivity contribution is 5.78. The Hall–Kier alpha value is -1.14. The van der Waals surface area contributed by atoms with Crippen molar-refractivity contribution in [3.63, 3.8) is 0 Å². The molecule has 0 rings (SSSR count). The molecule has 57 heavy (non-hydrogen) atoms. The molecule has 1 atom stereocenters. The fourth-order valence-electron chi connectivity index (χ4n) is 7.74. The molecule has 0 aromatic heterocycles. The summed E-state index contributed by atoms with van der Waals surface area (Å²) in [4.78, 5) is 24.4. The number of unbranched alkanes of at least 4 members (excludes halogenated alkanes) is 34. The number of amides is 1. The Labute approximate surface area is 356 Å². The van der Waals surface area contributed by atoms with Crippen LogP contribution in [0, 0.1) is 0 Å². The molecule has 0 spiro atoms. The van der Waals surface area contributed by atoms with Gasteiger partial charge in [0.25, 0.3) is 0 Å². The molecule has 1 amide bonds. The van der Waals surface area contributed by atoms with E-state index in [-0.39, 0.29) is 18.8 Å². The van der Waals surface area contributed by atoms with Crippen molar-refractivity contribution in [3.8, 4) is 0 Å². The first-order valence-corrected chi connectivity index (χ1v) is 25.8. The van der Waals surface area contributed by atoms with Gasteiger partial charge in [-0.15, -0.1) is 0 Å². The van der Waals surface area contributed by atoms with E-state index in [4.69, 9.17) is 14.2 Å². The summed E-state index contributed by atoms with van der Waals surface area (Å²) in [6.45, 7) is 9.43. The van der Waals surface area contributed by atoms with E-state index in [1.807, 2.05) is 0 Å². The third-order valence-corrected chi connectivity index (χ3v) is 11.7. The molecule has 0 fully saturated rings. The lowest BCUT2D eigenvalue weighted by Gasteiger charge is -2.18. The van der Waals surface area contributed by atoms with Gasteiger partial charge in [-0.05, 0) is 32.1 Å². The normalized spacial score (nSPS) is 12.0. The minimum absolute atomic E-state index is 0.218. The van der Waals surface area contributed by atoms with E-state index in [1.54, 1.807) is 0 Å². The Bertz CT molecular complexity index is 792. The van der Waals surface area contributed by atoms with E-state index in [2.05, 4.69) is 26.1 Å². The summed E-state index contributed by atoms with van der Waals surface area (Å²) in [5.41, 5.74) is 0. The monoisotopic (exact) mass is 808 g/mol. The van der Waals surface area contributed by atoms with Crippen molar-refractivity contribution in [3.05, 3.63) is 0 Å². The topological polar surface area (TPSA) is 73.9 Å². The second kappa shape index (κ2) is 49.2. The lowest BCUT2D eigenvalue weighted by atomic mass is 10.0. The lowest BCUT2D eigenvalue weighted by molar-refractivity contribution is -0.119. The Morgan fingerprint density at radius 2 is 0.719 bits per heavy atom. The molecule has 0 aromatic carbocycles. The summed E-state index contributed by atoms with van der Waals surface area (Å²) < 4.78 is 17.8. The number of nitrogens with one attached hydrogen (secondary N) is 1. The minimum atomic E-state index is -0.389. The van der Waals surface area contributed by atoms with Crippen LogP contribution in [0.2, 0.25) is 0 Å². The van der Waals surface area contributed by atoms with Crippen LogP contribution < -0.4 is 5.32 Å². The third-order valence-electron chi connectivity index (χ3n) is 11.7. The number of carbonyl (C=O) groups is 2. The SMILES string of the molecule is CCCCCCCCCCCCCCCCCCOC[C@@H](COC(=O)NCCCCCC(=O)CCCCC)OCCCCCCCCCCCCCCCCCC.